The van der Waals surface area contributed by atoms with Gasteiger partial charge in [-0.3, -0.25) is 4.79 Å². The molecule has 0 aliphatic heterocycles. The topological polar surface area (TPSA) is 104 Å². The Kier molecular flexibility index (Phi) is 5.37. The van der Waals surface area contributed by atoms with E-state index in [1.807, 2.05) is 0 Å². The Morgan fingerprint density at radius 3 is 2.63 bits per heavy atom. The lowest BCUT2D eigenvalue weighted by Gasteiger charge is -2.07. The molecule has 138 valence electrons. The third-order valence-electron chi connectivity index (χ3n) is 3.59. The van der Waals surface area contributed by atoms with Gasteiger partial charge in [0.25, 0.3) is 5.89 Å². The molecule has 0 fully saturated rings. The van der Waals surface area contributed by atoms with Crippen molar-refractivity contribution in [3.63, 3.8) is 0 Å². The number of hydrogen-bond donors (Lipinski definition) is 1. The van der Waals surface area contributed by atoms with Gasteiger partial charge in [0.05, 0.1) is 36.1 Å². The van der Waals surface area contributed by atoms with Gasteiger partial charge in [0.1, 0.15) is 5.75 Å². The van der Waals surface area contributed by atoms with Crippen LogP contribution in [0.1, 0.15) is 21.0 Å². The molecular weight excluding hydrogens is 374 g/mol. The number of carbonyl (C=O) groups excluding carboxylic acids is 2. The van der Waals surface area contributed by atoms with Crippen LogP contribution < -0.4 is 10.1 Å². The minimum absolute atomic E-state index is 0.131. The van der Waals surface area contributed by atoms with Gasteiger partial charge in [0, 0.05) is 0 Å². The Morgan fingerprint density at radius 2 is 1.89 bits per heavy atom. The van der Waals surface area contributed by atoms with Crippen molar-refractivity contribution in [1.29, 1.82) is 0 Å². The van der Waals surface area contributed by atoms with Gasteiger partial charge in [-0.25, -0.2) is 4.79 Å². The first-order valence-electron chi connectivity index (χ1n) is 7.69. The second-order valence-electron chi connectivity index (χ2n) is 5.25. The minimum Gasteiger partial charge on any atom is -0.496 e. The zero-order chi connectivity index (χ0) is 19.4. The number of aromatic nitrogens is 2. The lowest BCUT2D eigenvalue weighted by molar-refractivity contribution is 0.0600. The van der Waals surface area contributed by atoms with E-state index >= 15 is 0 Å². The predicted molar refractivity (Wildman–Crippen MR) is 97.0 cm³/mol. The van der Waals surface area contributed by atoms with E-state index in [4.69, 9.17) is 20.8 Å². The maximum Gasteiger partial charge on any atom is 0.337 e. The number of para-hydroxylation sites is 1. The molecule has 2 aromatic carbocycles. The zero-order valence-electron chi connectivity index (χ0n) is 14.4. The van der Waals surface area contributed by atoms with Crippen LogP contribution in [-0.2, 0) is 4.74 Å². The number of halogens is 1. The van der Waals surface area contributed by atoms with Gasteiger partial charge in [0.2, 0.25) is 0 Å². The minimum atomic E-state index is -0.674. The summed E-state index contributed by atoms with van der Waals surface area (Å²) in [6.07, 6.45) is 0. The summed E-state index contributed by atoms with van der Waals surface area (Å²) < 4.78 is 15.3. The van der Waals surface area contributed by atoms with Crippen molar-refractivity contribution in [3.8, 4) is 17.2 Å². The number of ether oxygens (including phenoxy) is 2. The van der Waals surface area contributed by atoms with Crippen LogP contribution in [0, 0.1) is 0 Å². The maximum absolute atomic E-state index is 12.4. The molecular formula is C18H14ClN3O5. The summed E-state index contributed by atoms with van der Waals surface area (Å²) in [5, 5.41) is 10.4. The molecule has 3 rings (SSSR count). The number of nitrogens with one attached hydrogen (secondary N) is 1. The average molecular weight is 388 g/mol. The van der Waals surface area contributed by atoms with Crippen LogP contribution in [-0.4, -0.2) is 36.3 Å². The van der Waals surface area contributed by atoms with E-state index in [9.17, 15) is 9.59 Å². The van der Waals surface area contributed by atoms with Crippen molar-refractivity contribution in [2.24, 2.45) is 0 Å². The standard InChI is InChI=1S/C18H14ClN3O5/c1-25-14-6-4-3-5-11(14)16-21-22-17(27-16)15(23)20-13-9-10(18(24)26-2)7-8-12(13)19/h3-9H,1-2H3,(H,20,23). The van der Waals surface area contributed by atoms with Crippen LogP contribution in [0.3, 0.4) is 0 Å². The van der Waals surface area contributed by atoms with E-state index in [1.54, 1.807) is 24.3 Å². The molecule has 0 saturated carbocycles. The van der Waals surface area contributed by atoms with Gasteiger partial charge in [-0.05, 0) is 30.3 Å². The van der Waals surface area contributed by atoms with Crippen molar-refractivity contribution in [1.82, 2.24) is 10.2 Å². The highest BCUT2D eigenvalue weighted by Crippen LogP contribution is 2.29. The summed E-state index contributed by atoms with van der Waals surface area (Å²) in [4.78, 5) is 24.0. The number of rotatable bonds is 5. The third-order valence-corrected chi connectivity index (χ3v) is 3.92. The fraction of sp³-hybridized carbons (Fsp3) is 0.111. The number of methoxy groups -OCH3 is 2. The molecule has 1 heterocycles. The maximum atomic E-state index is 12.4. The summed E-state index contributed by atoms with van der Waals surface area (Å²) >= 11 is 6.07. The molecule has 0 aliphatic carbocycles. The van der Waals surface area contributed by atoms with Gasteiger partial charge in [-0.15, -0.1) is 10.2 Å². The lowest BCUT2D eigenvalue weighted by Crippen LogP contribution is -2.13. The Bertz CT molecular complexity index is 1000. The normalized spacial score (nSPS) is 10.3. The Hall–Kier alpha value is -3.39. The molecule has 0 radical (unpaired) electrons. The number of anilines is 1. The Balaban J connectivity index is 1.84. The number of carbonyl (C=O) groups is 2. The predicted octanol–water partition coefficient (Wildman–Crippen LogP) is 3.44. The molecule has 27 heavy (non-hydrogen) atoms. The van der Waals surface area contributed by atoms with Crippen LogP contribution in [0.2, 0.25) is 5.02 Å². The third kappa shape index (κ3) is 3.90. The number of benzene rings is 2. The van der Waals surface area contributed by atoms with Crippen LogP contribution in [0.25, 0.3) is 11.5 Å². The summed E-state index contributed by atoms with van der Waals surface area (Å²) in [5.41, 5.74) is 0.997. The van der Waals surface area contributed by atoms with Crippen molar-refractivity contribution >= 4 is 29.2 Å². The van der Waals surface area contributed by atoms with Crippen molar-refractivity contribution in [2.45, 2.75) is 0 Å². The average Bonchev–Trinajstić information content (AvgIpc) is 3.19. The Morgan fingerprint density at radius 1 is 1.11 bits per heavy atom. The lowest BCUT2D eigenvalue weighted by atomic mass is 10.2. The molecule has 0 bridgehead atoms. The summed E-state index contributed by atoms with van der Waals surface area (Å²) in [6.45, 7) is 0. The van der Waals surface area contributed by atoms with Gasteiger partial charge in [0.15, 0.2) is 0 Å². The number of nitrogens with zero attached hydrogens (tertiary/aromatic N) is 2. The Labute approximate surface area is 159 Å². The molecule has 3 aromatic rings. The van der Waals surface area contributed by atoms with Crippen molar-refractivity contribution in [2.75, 3.05) is 19.5 Å². The monoisotopic (exact) mass is 387 g/mol. The highest BCUT2D eigenvalue weighted by atomic mass is 35.5. The number of hydrogen-bond acceptors (Lipinski definition) is 7. The molecule has 1 N–H and O–H groups in total. The second kappa shape index (κ2) is 7.88. The fourth-order valence-corrected chi connectivity index (χ4v) is 2.45. The fourth-order valence-electron chi connectivity index (χ4n) is 2.29. The van der Waals surface area contributed by atoms with Gasteiger partial charge < -0.3 is 19.2 Å². The number of esters is 1. The van der Waals surface area contributed by atoms with Crippen LogP contribution in [0.15, 0.2) is 46.9 Å². The molecule has 9 heteroatoms. The van der Waals surface area contributed by atoms with Crippen molar-refractivity contribution < 1.29 is 23.5 Å². The quantitative estimate of drug-likeness (QED) is 0.668. The van der Waals surface area contributed by atoms with Crippen LogP contribution in [0.4, 0.5) is 5.69 Å². The second-order valence-corrected chi connectivity index (χ2v) is 5.66. The summed E-state index contributed by atoms with van der Waals surface area (Å²) in [5.74, 6) is -0.838. The van der Waals surface area contributed by atoms with E-state index in [-0.39, 0.29) is 28.1 Å². The first kappa shape index (κ1) is 18.4. The van der Waals surface area contributed by atoms with Gasteiger partial charge in [-0.1, -0.05) is 23.7 Å². The molecule has 8 nitrogen and oxygen atoms in total. The van der Waals surface area contributed by atoms with Crippen LogP contribution >= 0.6 is 11.6 Å². The zero-order valence-corrected chi connectivity index (χ0v) is 15.1. The van der Waals surface area contributed by atoms with Crippen molar-refractivity contribution in [3.05, 3.63) is 58.9 Å². The molecule has 0 spiro atoms. The summed E-state index contributed by atoms with van der Waals surface area (Å²) in [6, 6.07) is 11.4. The molecule has 1 amide bonds. The van der Waals surface area contributed by atoms with Gasteiger partial charge >= 0.3 is 17.8 Å². The molecule has 1 aromatic heterocycles. The largest absolute Gasteiger partial charge is 0.496 e. The summed E-state index contributed by atoms with van der Waals surface area (Å²) in [7, 11) is 2.77. The van der Waals surface area contributed by atoms with E-state index in [0.717, 1.165) is 0 Å². The molecule has 0 atom stereocenters. The SMILES string of the molecule is COC(=O)c1ccc(Cl)c(NC(=O)c2nnc(-c3ccccc3OC)o2)c1. The van der Waals surface area contributed by atoms with E-state index in [1.165, 1.54) is 32.4 Å². The number of amides is 1. The van der Waals surface area contributed by atoms with E-state index < -0.39 is 11.9 Å². The first-order chi connectivity index (χ1) is 13.0. The molecule has 0 saturated heterocycles. The van der Waals surface area contributed by atoms with E-state index in [2.05, 4.69) is 20.3 Å². The highest BCUT2D eigenvalue weighted by Gasteiger charge is 2.19. The first-order valence-corrected chi connectivity index (χ1v) is 8.07. The highest BCUT2D eigenvalue weighted by molar-refractivity contribution is 6.34. The van der Waals surface area contributed by atoms with E-state index in [0.29, 0.717) is 11.3 Å². The van der Waals surface area contributed by atoms with Crippen LogP contribution in [0.5, 0.6) is 5.75 Å². The molecule has 0 unspecified atom stereocenters. The molecule has 0 aliphatic rings. The smallest absolute Gasteiger partial charge is 0.337 e. The van der Waals surface area contributed by atoms with Gasteiger partial charge in [-0.2, -0.15) is 0 Å².